The average Bonchev–Trinajstić information content (AvgIpc) is 2.68. The highest BCUT2D eigenvalue weighted by Crippen LogP contribution is 2.29. The van der Waals surface area contributed by atoms with E-state index in [1.54, 1.807) is 25.1 Å². The molecule has 0 radical (unpaired) electrons. The number of alkyl halides is 3. The van der Waals surface area contributed by atoms with Gasteiger partial charge in [-0.2, -0.15) is 13.2 Å². The van der Waals surface area contributed by atoms with E-state index in [4.69, 9.17) is 9.47 Å². The number of benzene rings is 1. The monoisotopic (exact) mass is 315 g/mol. The zero-order chi connectivity index (χ0) is 16.3. The molecule has 0 fully saturated rings. The summed E-state index contributed by atoms with van der Waals surface area (Å²) >= 11 is 0. The van der Waals surface area contributed by atoms with Crippen molar-refractivity contribution in [2.45, 2.75) is 19.3 Å². The van der Waals surface area contributed by atoms with Crippen molar-refractivity contribution in [1.82, 2.24) is 10.9 Å². The van der Waals surface area contributed by atoms with Crippen molar-refractivity contribution in [1.29, 1.82) is 0 Å². The molecule has 2 rings (SSSR count). The zero-order valence-electron chi connectivity index (χ0n) is 12.3. The second-order valence-electron chi connectivity index (χ2n) is 4.59. The van der Waals surface area contributed by atoms with Crippen LogP contribution in [0.3, 0.4) is 0 Å². The molecule has 0 saturated carbocycles. The van der Waals surface area contributed by atoms with Crippen LogP contribution < -0.4 is 20.3 Å². The number of hydrogen-bond acceptors (Lipinski definition) is 5. The number of allylic oxidation sites excluding steroid dienone is 2. The molecule has 120 valence electrons. The number of halogens is 3. The first-order valence-electron chi connectivity index (χ1n) is 6.45. The molecule has 0 amide bonds. The lowest BCUT2D eigenvalue weighted by Crippen LogP contribution is -2.40. The Kier molecular flexibility index (Phi) is 4.60. The Hall–Kier alpha value is -2.22. The molecule has 2 N–H and O–H groups in total. The summed E-state index contributed by atoms with van der Waals surface area (Å²) < 4.78 is 49.1. The molecule has 1 unspecified atom stereocenters. The maximum absolute atomic E-state index is 12.9. The molecule has 0 saturated heterocycles. The topological polar surface area (TPSA) is 54.9 Å². The number of aliphatic imine (C=N–C) groups is 1. The third kappa shape index (κ3) is 3.51. The Morgan fingerprint density at radius 2 is 1.82 bits per heavy atom. The van der Waals surface area contributed by atoms with Crippen LogP contribution in [0.25, 0.3) is 0 Å². The Balaban J connectivity index is 2.47. The lowest BCUT2D eigenvalue weighted by Gasteiger charge is -2.14. The predicted octanol–water partition coefficient (Wildman–Crippen LogP) is 2.39. The van der Waals surface area contributed by atoms with Crippen LogP contribution in [0.2, 0.25) is 0 Å². The van der Waals surface area contributed by atoms with Crippen molar-refractivity contribution >= 4 is 5.71 Å². The Labute approximate surface area is 125 Å². The van der Waals surface area contributed by atoms with Gasteiger partial charge in [0.1, 0.15) is 11.9 Å². The van der Waals surface area contributed by atoms with Gasteiger partial charge >= 0.3 is 6.18 Å². The molecule has 1 aromatic rings. The van der Waals surface area contributed by atoms with Crippen LogP contribution >= 0.6 is 0 Å². The van der Waals surface area contributed by atoms with Gasteiger partial charge in [0.15, 0.2) is 11.5 Å². The highest BCUT2D eigenvalue weighted by Gasteiger charge is 2.35. The summed E-state index contributed by atoms with van der Waals surface area (Å²) in [5, 5.41) is 0. The second kappa shape index (κ2) is 6.27. The fraction of sp³-hybridized carbons (Fsp3) is 0.357. The molecule has 0 spiro atoms. The summed E-state index contributed by atoms with van der Waals surface area (Å²) in [5.74, 6) is 0.910. The Morgan fingerprint density at radius 1 is 1.14 bits per heavy atom. The van der Waals surface area contributed by atoms with Crippen molar-refractivity contribution < 1.29 is 22.6 Å². The van der Waals surface area contributed by atoms with Crippen LogP contribution in [0.1, 0.15) is 12.5 Å². The molecular formula is C14H16F3N3O2. The maximum Gasteiger partial charge on any atom is 0.432 e. The van der Waals surface area contributed by atoms with Gasteiger partial charge in [-0.3, -0.25) is 4.99 Å². The summed E-state index contributed by atoms with van der Waals surface area (Å²) in [6, 6.07) is 4.83. The summed E-state index contributed by atoms with van der Waals surface area (Å²) in [7, 11) is 2.94. The van der Waals surface area contributed by atoms with Gasteiger partial charge in [-0.1, -0.05) is 0 Å². The molecule has 22 heavy (non-hydrogen) atoms. The van der Waals surface area contributed by atoms with Gasteiger partial charge in [-0.15, -0.1) is 0 Å². The van der Waals surface area contributed by atoms with Gasteiger partial charge in [0.05, 0.1) is 19.9 Å². The minimum Gasteiger partial charge on any atom is -0.493 e. The van der Waals surface area contributed by atoms with Crippen molar-refractivity contribution in [2.24, 2.45) is 4.99 Å². The van der Waals surface area contributed by atoms with E-state index in [1.807, 2.05) is 0 Å². The normalized spacial score (nSPS) is 18.7. The average molecular weight is 315 g/mol. The Morgan fingerprint density at radius 3 is 2.41 bits per heavy atom. The number of nitrogens with one attached hydrogen (secondary N) is 2. The van der Waals surface area contributed by atoms with E-state index in [0.717, 1.165) is 6.08 Å². The predicted molar refractivity (Wildman–Crippen MR) is 76.0 cm³/mol. The van der Waals surface area contributed by atoms with E-state index in [2.05, 4.69) is 15.8 Å². The van der Waals surface area contributed by atoms with E-state index in [0.29, 0.717) is 17.1 Å². The molecule has 5 nitrogen and oxygen atoms in total. The van der Waals surface area contributed by atoms with Gasteiger partial charge in [0, 0.05) is 5.56 Å². The molecule has 1 aromatic carbocycles. The van der Waals surface area contributed by atoms with E-state index in [9.17, 15) is 13.2 Å². The van der Waals surface area contributed by atoms with E-state index in [1.165, 1.54) is 14.2 Å². The van der Waals surface area contributed by atoms with Crippen LogP contribution in [0.5, 0.6) is 11.5 Å². The quantitative estimate of drug-likeness (QED) is 0.899. The van der Waals surface area contributed by atoms with Crippen LogP contribution in [-0.2, 0) is 0 Å². The molecular weight excluding hydrogens is 299 g/mol. The highest BCUT2D eigenvalue weighted by molar-refractivity contribution is 6.09. The minimum atomic E-state index is -4.51. The number of nitrogens with zero attached hydrogens (tertiary/aromatic N) is 1. The fourth-order valence-electron chi connectivity index (χ4n) is 1.94. The summed E-state index contributed by atoms with van der Waals surface area (Å²) in [6.45, 7) is 1.64. The molecule has 1 heterocycles. The van der Waals surface area contributed by atoms with Crippen LogP contribution in [0.15, 0.2) is 35.0 Å². The van der Waals surface area contributed by atoms with Crippen LogP contribution in [-0.4, -0.2) is 32.3 Å². The second-order valence-corrected chi connectivity index (χ2v) is 4.59. The van der Waals surface area contributed by atoms with Gasteiger partial charge in [0.25, 0.3) is 0 Å². The van der Waals surface area contributed by atoms with Crippen molar-refractivity contribution in [3.63, 3.8) is 0 Å². The molecule has 0 bridgehead atoms. The van der Waals surface area contributed by atoms with Gasteiger partial charge < -0.3 is 14.9 Å². The fourth-order valence-corrected chi connectivity index (χ4v) is 1.94. The number of ether oxygens (including phenoxy) is 2. The molecule has 0 aromatic heterocycles. The van der Waals surface area contributed by atoms with E-state index < -0.39 is 18.0 Å². The number of hydrazine groups is 1. The van der Waals surface area contributed by atoms with Gasteiger partial charge in [-0.25, -0.2) is 5.43 Å². The summed E-state index contributed by atoms with van der Waals surface area (Å²) in [6.07, 6.45) is -4.08. The van der Waals surface area contributed by atoms with Crippen LogP contribution in [0.4, 0.5) is 13.2 Å². The third-order valence-corrected chi connectivity index (χ3v) is 3.01. The van der Waals surface area contributed by atoms with E-state index in [-0.39, 0.29) is 5.71 Å². The SMILES string of the molecule is COc1ccc(C2=NC(C)NNC(C(F)(F)F)=C2)cc1OC. The molecule has 1 aliphatic heterocycles. The lowest BCUT2D eigenvalue weighted by atomic mass is 10.1. The number of hydrogen-bond donors (Lipinski definition) is 2. The lowest BCUT2D eigenvalue weighted by molar-refractivity contribution is -0.0980. The maximum atomic E-state index is 12.9. The molecule has 1 aliphatic rings. The zero-order valence-corrected chi connectivity index (χ0v) is 12.3. The minimum absolute atomic E-state index is 0.193. The molecule has 1 atom stereocenters. The van der Waals surface area contributed by atoms with E-state index >= 15 is 0 Å². The Bertz CT molecular complexity index is 612. The standard InChI is InChI=1S/C14H16F3N3O2/c1-8-18-10(7-13(20-19-8)14(15,16)17)9-4-5-11(21-2)12(6-9)22-3/h4-8,19-20H,1-3H3. The van der Waals surface area contributed by atoms with Gasteiger partial charge in [0.2, 0.25) is 0 Å². The largest absolute Gasteiger partial charge is 0.493 e. The van der Waals surface area contributed by atoms with Gasteiger partial charge in [-0.05, 0) is 31.2 Å². The van der Waals surface area contributed by atoms with Crippen LogP contribution in [0, 0.1) is 0 Å². The first kappa shape index (κ1) is 16.2. The summed E-state index contributed by atoms with van der Waals surface area (Å²) in [5.41, 5.74) is 4.39. The number of rotatable bonds is 3. The number of methoxy groups -OCH3 is 2. The first-order chi connectivity index (χ1) is 10.3. The third-order valence-electron chi connectivity index (χ3n) is 3.01. The van der Waals surface area contributed by atoms with Crippen molar-refractivity contribution in [2.75, 3.05) is 14.2 Å². The smallest absolute Gasteiger partial charge is 0.432 e. The first-order valence-corrected chi connectivity index (χ1v) is 6.45. The molecule has 8 heteroatoms. The highest BCUT2D eigenvalue weighted by atomic mass is 19.4. The van der Waals surface area contributed by atoms with Crippen molar-refractivity contribution in [3.05, 3.63) is 35.5 Å². The van der Waals surface area contributed by atoms with Crippen molar-refractivity contribution in [3.8, 4) is 11.5 Å². The summed E-state index contributed by atoms with van der Waals surface area (Å²) in [4.78, 5) is 4.21. The molecule has 0 aliphatic carbocycles.